The summed E-state index contributed by atoms with van der Waals surface area (Å²) in [5, 5.41) is 14.4. The third-order valence-corrected chi connectivity index (χ3v) is 3.14. The van der Waals surface area contributed by atoms with Crippen molar-refractivity contribution in [3.63, 3.8) is 0 Å². The standard InChI is InChI=1S/C14H20N2O4/c1-19-7-2-8-20-14-9-11(10-15-12-4-5-12)3-6-13(14)16(17)18/h3,6,9,12,15H,2,4-5,7-8,10H2,1H3. The van der Waals surface area contributed by atoms with Gasteiger partial charge in [-0.15, -0.1) is 0 Å². The molecule has 0 bridgehead atoms. The van der Waals surface area contributed by atoms with Gasteiger partial charge in [0.15, 0.2) is 5.75 Å². The molecule has 1 aromatic rings. The molecule has 110 valence electrons. The molecule has 1 aliphatic rings. The van der Waals surface area contributed by atoms with E-state index < -0.39 is 4.92 Å². The van der Waals surface area contributed by atoms with E-state index in [1.165, 1.54) is 18.9 Å². The van der Waals surface area contributed by atoms with Gasteiger partial charge in [0.1, 0.15) is 0 Å². The summed E-state index contributed by atoms with van der Waals surface area (Å²) < 4.78 is 10.4. The van der Waals surface area contributed by atoms with Crippen molar-refractivity contribution in [2.45, 2.75) is 31.8 Å². The largest absolute Gasteiger partial charge is 0.487 e. The van der Waals surface area contributed by atoms with E-state index in [-0.39, 0.29) is 5.69 Å². The number of hydrogen-bond acceptors (Lipinski definition) is 5. The summed E-state index contributed by atoms with van der Waals surface area (Å²) in [6, 6.07) is 5.64. The van der Waals surface area contributed by atoms with Gasteiger partial charge in [0, 0.05) is 38.8 Å². The minimum atomic E-state index is -0.413. The molecule has 0 spiro atoms. The van der Waals surface area contributed by atoms with Gasteiger partial charge in [-0.2, -0.15) is 0 Å². The Bertz CT molecular complexity index is 460. The summed E-state index contributed by atoms with van der Waals surface area (Å²) in [7, 11) is 1.62. The maximum atomic E-state index is 11.0. The predicted octanol–water partition coefficient (Wildman–Crippen LogP) is 2.26. The highest BCUT2D eigenvalue weighted by Crippen LogP contribution is 2.28. The number of hydrogen-bond donors (Lipinski definition) is 1. The van der Waals surface area contributed by atoms with Crippen molar-refractivity contribution >= 4 is 5.69 Å². The fraction of sp³-hybridized carbons (Fsp3) is 0.571. The maximum absolute atomic E-state index is 11.0. The van der Waals surface area contributed by atoms with Gasteiger partial charge in [0.25, 0.3) is 0 Å². The number of benzene rings is 1. The molecule has 6 heteroatoms. The average molecular weight is 280 g/mol. The SMILES string of the molecule is COCCCOc1cc(CNC2CC2)ccc1[N+](=O)[O-]. The van der Waals surface area contributed by atoms with Crippen molar-refractivity contribution in [3.05, 3.63) is 33.9 Å². The molecule has 1 saturated carbocycles. The molecule has 2 rings (SSSR count). The zero-order valence-corrected chi connectivity index (χ0v) is 11.6. The number of ether oxygens (including phenoxy) is 2. The van der Waals surface area contributed by atoms with Crippen molar-refractivity contribution in [2.24, 2.45) is 0 Å². The third kappa shape index (κ3) is 4.47. The Kier molecular flexibility index (Phi) is 5.31. The van der Waals surface area contributed by atoms with Gasteiger partial charge < -0.3 is 14.8 Å². The van der Waals surface area contributed by atoms with Crippen LogP contribution in [0.3, 0.4) is 0 Å². The van der Waals surface area contributed by atoms with Crippen LogP contribution in [-0.4, -0.2) is 31.3 Å². The Balaban J connectivity index is 1.98. The normalized spacial score (nSPS) is 14.2. The highest BCUT2D eigenvalue weighted by molar-refractivity contribution is 5.48. The van der Waals surface area contributed by atoms with Gasteiger partial charge in [-0.1, -0.05) is 6.07 Å². The lowest BCUT2D eigenvalue weighted by Crippen LogP contribution is -2.15. The molecule has 0 amide bonds. The van der Waals surface area contributed by atoms with Crippen molar-refractivity contribution < 1.29 is 14.4 Å². The summed E-state index contributed by atoms with van der Waals surface area (Å²) >= 11 is 0. The number of nitro groups is 1. The highest BCUT2D eigenvalue weighted by atomic mass is 16.6. The first-order chi connectivity index (χ1) is 9.70. The van der Waals surface area contributed by atoms with Gasteiger partial charge in [-0.05, 0) is 24.5 Å². The summed E-state index contributed by atoms with van der Waals surface area (Å²) in [6.45, 7) is 1.71. The van der Waals surface area contributed by atoms with Crippen LogP contribution in [0, 0.1) is 10.1 Å². The molecule has 0 unspecified atom stereocenters. The highest BCUT2D eigenvalue weighted by Gasteiger charge is 2.21. The lowest BCUT2D eigenvalue weighted by molar-refractivity contribution is -0.385. The average Bonchev–Trinajstić information content (AvgIpc) is 3.25. The van der Waals surface area contributed by atoms with E-state index in [4.69, 9.17) is 9.47 Å². The van der Waals surface area contributed by atoms with Crippen LogP contribution in [-0.2, 0) is 11.3 Å². The third-order valence-electron chi connectivity index (χ3n) is 3.14. The fourth-order valence-electron chi connectivity index (χ4n) is 1.87. The van der Waals surface area contributed by atoms with Gasteiger partial charge in [0.2, 0.25) is 0 Å². The van der Waals surface area contributed by atoms with Gasteiger partial charge in [-0.3, -0.25) is 10.1 Å². The van der Waals surface area contributed by atoms with Crippen LogP contribution in [0.1, 0.15) is 24.8 Å². The second kappa shape index (κ2) is 7.21. The fourth-order valence-corrected chi connectivity index (χ4v) is 1.87. The monoisotopic (exact) mass is 280 g/mol. The molecule has 0 atom stereocenters. The number of nitro benzene ring substituents is 1. The number of rotatable bonds is 9. The second-order valence-corrected chi connectivity index (χ2v) is 4.91. The number of methoxy groups -OCH3 is 1. The molecule has 6 nitrogen and oxygen atoms in total. The molecule has 0 heterocycles. The molecular weight excluding hydrogens is 260 g/mol. The zero-order valence-electron chi connectivity index (χ0n) is 11.6. The molecule has 0 aromatic heterocycles. The molecule has 1 aromatic carbocycles. The van der Waals surface area contributed by atoms with Gasteiger partial charge >= 0.3 is 5.69 Å². The molecule has 1 fully saturated rings. The minimum Gasteiger partial charge on any atom is -0.487 e. The molecule has 1 aliphatic carbocycles. The Morgan fingerprint density at radius 2 is 2.20 bits per heavy atom. The van der Waals surface area contributed by atoms with Crippen LogP contribution in [0.25, 0.3) is 0 Å². The number of nitrogens with one attached hydrogen (secondary N) is 1. The summed E-state index contributed by atoms with van der Waals surface area (Å²) in [5.74, 6) is 0.334. The number of nitrogens with zero attached hydrogens (tertiary/aromatic N) is 1. The van der Waals surface area contributed by atoms with Crippen LogP contribution in [0.4, 0.5) is 5.69 Å². The first-order valence-electron chi connectivity index (χ1n) is 6.83. The van der Waals surface area contributed by atoms with Crippen molar-refractivity contribution in [3.8, 4) is 5.75 Å². The summed E-state index contributed by atoms with van der Waals surface area (Å²) in [5.41, 5.74) is 1.02. The van der Waals surface area contributed by atoms with E-state index in [2.05, 4.69) is 5.32 Å². The van der Waals surface area contributed by atoms with E-state index in [1.54, 1.807) is 19.2 Å². The van der Waals surface area contributed by atoms with Crippen molar-refractivity contribution in [1.29, 1.82) is 0 Å². The zero-order chi connectivity index (χ0) is 14.4. The molecule has 0 aliphatic heterocycles. The van der Waals surface area contributed by atoms with Crippen LogP contribution in [0.2, 0.25) is 0 Å². The summed E-state index contributed by atoms with van der Waals surface area (Å²) in [4.78, 5) is 10.6. The van der Waals surface area contributed by atoms with Crippen LogP contribution < -0.4 is 10.1 Å². The Morgan fingerprint density at radius 1 is 1.40 bits per heavy atom. The Labute approximate surface area is 118 Å². The molecule has 20 heavy (non-hydrogen) atoms. The topological polar surface area (TPSA) is 73.6 Å². The van der Waals surface area contributed by atoms with Crippen LogP contribution in [0.15, 0.2) is 18.2 Å². The van der Waals surface area contributed by atoms with E-state index in [0.717, 1.165) is 12.1 Å². The lowest BCUT2D eigenvalue weighted by atomic mass is 10.2. The van der Waals surface area contributed by atoms with Gasteiger partial charge in [0.05, 0.1) is 11.5 Å². The smallest absolute Gasteiger partial charge is 0.310 e. The molecule has 0 radical (unpaired) electrons. The second-order valence-electron chi connectivity index (χ2n) is 4.91. The predicted molar refractivity (Wildman–Crippen MR) is 74.9 cm³/mol. The first-order valence-corrected chi connectivity index (χ1v) is 6.83. The Hall–Kier alpha value is -1.66. The first kappa shape index (κ1) is 14.7. The van der Waals surface area contributed by atoms with Gasteiger partial charge in [-0.25, -0.2) is 0 Å². The maximum Gasteiger partial charge on any atom is 0.310 e. The minimum absolute atomic E-state index is 0.0117. The molecule has 1 N–H and O–H groups in total. The Morgan fingerprint density at radius 3 is 2.85 bits per heavy atom. The van der Waals surface area contributed by atoms with E-state index >= 15 is 0 Å². The van der Waals surface area contributed by atoms with E-state index in [1.807, 2.05) is 0 Å². The quantitative estimate of drug-likeness (QED) is 0.426. The molecular formula is C14H20N2O4. The van der Waals surface area contributed by atoms with Crippen LogP contribution >= 0.6 is 0 Å². The van der Waals surface area contributed by atoms with Crippen LogP contribution in [0.5, 0.6) is 5.75 Å². The lowest BCUT2D eigenvalue weighted by Gasteiger charge is -2.09. The summed E-state index contributed by atoms with van der Waals surface area (Å²) in [6.07, 6.45) is 3.14. The van der Waals surface area contributed by atoms with E-state index in [9.17, 15) is 10.1 Å². The van der Waals surface area contributed by atoms with Crippen molar-refractivity contribution in [2.75, 3.05) is 20.3 Å². The molecule has 0 saturated heterocycles. The van der Waals surface area contributed by atoms with E-state index in [0.29, 0.717) is 31.4 Å². The van der Waals surface area contributed by atoms with Crippen molar-refractivity contribution in [1.82, 2.24) is 5.32 Å².